The van der Waals surface area contributed by atoms with Gasteiger partial charge in [-0.1, -0.05) is 76.2 Å². The van der Waals surface area contributed by atoms with Crippen molar-refractivity contribution in [3.8, 4) is 11.1 Å². The molecule has 0 fully saturated rings. The maximum Gasteiger partial charge on any atom is 0.407 e. The molecule has 0 radical (unpaired) electrons. The lowest BCUT2D eigenvalue weighted by Gasteiger charge is -2.28. The predicted molar refractivity (Wildman–Crippen MR) is 130 cm³/mol. The van der Waals surface area contributed by atoms with E-state index in [1.54, 1.807) is 20.8 Å². The van der Waals surface area contributed by atoms with Crippen molar-refractivity contribution in [1.29, 1.82) is 0 Å². The zero-order valence-electron chi connectivity index (χ0n) is 20.3. The van der Waals surface area contributed by atoms with E-state index < -0.39 is 23.5 Å². The molecule has 0 saturated heterocycles. The molecule has 0 heterocycles. The molecule has 0 aromatic heterocycles. The second kappa shape index (κ2) is 10.7. The number of hydrogen-bond donors (Lipinski definition) is 3. The Morgan fingerprint density at radius 2 is 1.56 bits per heavy atom. The number of hydrogen-bond acceptors (Lipinski definition) is 4. The van der Waals surface area contributed by atoms with Crippen molar-refractivity contribution in [2.75, 3.05) is 13.2 Å². The molecule has 2 aromatic rings. The van der Waals surface area contributed by atoms with Crippen molar-refractivity contribution in [3.05, 3.63) is 59.7 Å². The fourth-order valence-electron chi connectivity index (χ4n) is 4.36. The number of carboxylic acid groups (broad SMARTS) is 1. The minimum absolute atomic E-state index is 0.00534. The van der Waals surface area contributed by atoms with Crippen LogP contribution in [-0.4, -0.2) is 42.3 Å². The summed E-state index contributed by atoms with van der Waals surface area (Å²) in [6, 6.07) is 15.4. The van der Waals surface area contributed by atoms with Crippen LogP contribution in [0.1, 0.15) is 57.6 Å². The number of carbonyl (C=O) groups is 3. The van der Waals surface area contributed by atoms with Crippen molar-refractivity contribution in [3.63, 3.8) is 0 Å². The standard InChI is InChI=1S/C27H34N2O5/c1-17(15-23(30)29-24(25(31)32)27(2,3)4)13-14-28-26(33)34-16-22-20-11-7-5-9-18(20)19-10-6-8-12-21(19)22/h5-12,17,22,24H,13-16H2,1-4H3,(H,28,33)(H,29,30)(H,31,32)/t17?,24-/m0/s1. The van der Waals surface area contributed by atoms with Crippen LogP contribution in [-0.2, 0) is 14.3 Å². The van der Waals surface area contributed by atoms with Gasteiger partial charge >= 0.3 is 12.1 Å². The summed E-state index contributed by atoms with van der Waals surface area (Å²) in [4.78, 5) is 36.0. The molecule has 0 spiro atoms. The molecule has 2 amide bonds. The van der Waals surface area contributed by atoms with E-state index in [1.807, 2.05) is 31.2 Å². The van der Waals surface area contributed by atoms with Gasteiger partial charge in [0.15, 0.2) is 0 Å². The zero-order chi connectivity index (χ0) is 24.9. The first kappa shape index (κ1) is 25.3. The number of fused-ring (bicyclic) bond motifs is 3. The molecule has 182 valence electrons. The molecule has 1 aliphatic rings. The quantitative estimate of drug-likeness (QED) is 0.503. The molecule has 1 unspecified atom stereocenters. The second-order valence-corrected chi connectivity index (χ2v) is 10.1. The Morgan fingerprint density at radius 3 is 2.09 bits per heavy atom. The lowest BCUT2D eigenvalue weighted by molar-refractivity contribution is -0.145. The average molecular weight is 467 g/mol. The molecule has 0 saturated carbocycles. The normalized spacial score (nSPS) is 14.5. The fourth-order valence-corrected chi connectivity index (χ4v) is 4.36. The van der Waals surface area contributed by atoms with Gasteiger partial charge < -0.3 is 20.5 Å². The molecule has 0 bridgehead atoms. The van der Waals surface area contributed by atoms with Gasteiger partial charge in [0.1, 0.15) is 12.6 Å². The summed E-state index contributed by atoms with van der Waals surface area (Å²) in [7, 11) is 0. The van der Waals surface area contributed by atoms with Gasteiger partial charge in [-0.2, -0.15) is 0 Å². The molecular formula is C27H34N2O5. The molecule has 2 aromatic carbocycles. The summed E-state index contributed by atoms with van der Waals surface area (Å²) >= 11 is 0. The molecule has 0 aliphatic heterocycles. The van der Waals surface area contributed by atoms with E-state index >= 15 is 0 Å². The summed E-state index contributed by atoms with van der Waals surface area (Å²) in [5.41, 5.74) is 4.08. The first-order valence-electron chi connectivity index (χ1n) is 11.7. The first-order valence-corrected chi connectivity index (χ1v) is 11.7. The maximum absolute atomic E-state index is 12.3. The van der Waals surface area contributed by atoms with E-state index in [2.05, 4.69) is 34.9 Å². The molecule has 1 aliphatic carbocycles. The van der Waals surface area contributed by atoms with Crippen LogP contribution >= 0.6 is 0 Å². The van der Waals surface area contributed by atoms with Crippen LogP contribution in [0.4, 0.5) is 4.79 Å². The third kappa shape index (κ3) is 6.16. The molecule has 7 nitrogen and oxygen atoms in total. The fraction of sp³-hybridized carbons (Fsp3) is 0.444. The van der Waals surface area contributed by atoms with E-state index in [4.69, 9.17) is 4.74 Å². The largest absolute Gasteiger partial charge is 0.480 e. The zero-order valence-corrected chi connectivity index (χ0v) is 20.3. The number of alkyl carbamates (subject to hydrolysis) is 1. The summed E-state index contributed by atoms with van der Waals surface area (Å²) < 4.78 is 5.52. The van der Waals surface area contributed by atoms with Gasteiger partial charge in [0.25, 0.3) is 0 Å². The summed E-state index contributed by atoms with van der Waals surface area (Å²) in [5.74, 6) is -1.38. The monoisotopic (exact) mass is 466 g/mol. The van der Waals surface area contributed by atoms with Crippen molar-refractivity contribution in [2.45, 2.75) is 52.5 Å². The van der Waals surface area contributed by atoms with Crippen molar-refractivity contribution < 1.29 is 24.2 Å². The number of amides is 2. The van der Waals surface area contributed by atoms with Crippen LogP contribution in [0.5, 0.6) is 0 Å². The smallest absolute Gasteiger partial charge is 0.407 e. The minimum atomic E-state index is -1.05. The van der Waals surface area contributed by atoms with Gasteiger partial charge in [-0.15, -0.1) is 0 Å². The minimum Gasteiger partial charge on any atom is -0.480 e. The second-order valence-electron chi connectivity index (χ2n) is 10.1. The summed E-state index contributed by atoms with van der Waals surface area (Å²) in [6.45, 7) is 7.83. The highest BCUT2D eigenvalue weighted by molar-refractivity contribution is 5.84. The highest BCUT2D eigenvalue weighted by Crippen LogP contribution is 2.44. The Hall–Kier alpha value is -3.35. The number of carboxylic acids is 1. The Labute approximate surface area is 200 Å². The van der Waals surface area contributed by atoms with Crippen molar-refractivity contribution >= 4 is 18.0 Å². The van der Waals surface area contributed by atoms with E-state index in [9.17, 15) is 19.5 Å². The lowest BCUT2D eigenvalue weighted by atomic mass is 9.86. The van der Waals surface area contributed by atoms with Gasteiger partial charge in [-0.05, 0) is 40.0 Å². The van der Waals surface area contributed by atoms with Crippen LogP contribution in [0.25, 0.3) is 11.1 Å². The van der Waals surface area contributed by atoms with Crippen LogP contribution < -0.4 is 10.6 Å². The molecular weight excluding hydrogens is 432 g/mol. The predicted octanol–water partition coefficient (Wildman–Crippen LogP) is 4.56. The molecule has 3 rings (SSSR count). The Kier molecular flexibility index (Phi) is 7.97. The lowest BCUT2D eigenvalue weighted by Crippen LogP contribution is -2.49. The number of aliphatic carboxylic acids is 1. The van der Waals surface area contributed by atoms with Crippen LogP contribution in [0.15, 0.2) is 48.5 Å². The Morgan fingerprint density at radius 1 is 1.00 bits per heavy atom. The Balaban J connectivity index is 1.43. The molecule has 7 heteroatoms. The summed E-state index contributed by atoms with van der Waals surface area (Å²) in [5, 5.41) is 14.7. The van der Waals surface area contributed by atoms with Gasteiger partial charge in [0, 0.05) is 18.9 Å². The number of nitrogens with one attached hydrogen (secondary N) is 2. The summed E-state index contributed by atoms with van der Waals surface area (Å²) in [6.07, 6.45) is 0.272. The third-order valence-electron chi connectivity index (χ3n) is 6.20. The van der Waals surface area contributed by atoms with Crippen molar-refractivity contribution in [2.24, 2.45) is 11.3 Å². The first-order chi connectivity index (χ1) is 16.1. The number of benzene rings is 2. The van der Waals surface area contributed by atoms with Gasteiger partial charge in [-0.25, -0.2) is 9.59 Å². The highest BCUT2D eigenvalue weighted by Gasteiger charge is 2.33. The number of rotatable bonds is 9. The van der Waals surface area contributed by atoms with E-state index in [-0.39, 0.29) is 30.8 Å². The highest BCUT2D eigenvalue weighted by atomic mass is 16.5. The topological polar surface area (TPSA) is 105 Å². The van der Waals surface area contributed by atoms with E-state index in [0.717, 1.165) is 11.1 Å². The Bertz CT molecular complexity index is 998. The average Bonchev–Trinajstić information content (AvgIpc) is 3.09. The number of carbonyl (C=O) groups excluding carboxylic acids is 2. The van der Waals surface area contributed by atoms with E-state index in [0.29, 0.717) is 13.0 Å². The number of ether oxygens (including phenoxy) is 1. The SMILES string of the molecule is CC(CCNC(=O)OCC1c2ccccc2-c2ccccc21)CC(=O)N[C@@H](C(=O)O)C(C)(C)C. The molecule has 34 heavy (non-hydrogen) atoms. The third-order valence-corrected chi connectivity index (χ3v) is 6.20. The van der Waals surface area contributed by atoms with Crippen molar-refractivity contribution in [1.82, 2.24) is 10.6 Å². The maximum atomic E-state index is 12.3. The van der Waals surface area contributed by atoms with Crippen LogP contribution in [0.2, 0.25) is 0 Å². The van der Waals surface area contributed by atoms with Crippen LogP contribution in [0.3, 0.4) is 0 Å². The van der Waals surface area contributed by atoms with E-state index in [1.165, 1.54) is 11.1 Å². The van der Waals surface area contributed by atoms with Gasteiger partial charge in [0.05, 0.1) is 0 Å². The van der Waals surface area contributed by atoms with Gasteiger partial charge in [0.2, 0.25) is 5.91 Å². The molecule has 3 N–H and O–H groups in total. The molecule has 2 atom stereocenters. The van der Waals surface area contributed by atoms with Crippen LogP contribution in [0, 0.1) is 11.3 Å². The van der Waals surface area contributed by atoms with Gasteiger partial charge in [-0.3, -0.25) is 4.79 Å².